The van der Waals surface area contributed by atoms with Crippen molar-refractivity contribution in [2.45, 2.75) is 25.9 Å². The van der Waals surface area contributed by atoms with E-state index in [1.807, 2.05) is 13.0 Å². The Hall–Kier alpha value is -4.52. The van der Waals surface area contributed by atoms with Gasteiger partial charge in [0.15, 0.2) is 5.41 Å². The first-order chi connectivity index (χ1) is 19.0. The summed E-state index contributed by atoms with van der Waals surface area (Å²) in [7, 11) is 2.79. The van der Waals surface area contributed by atoms with Crippen molar-refractivity contribution >= 4 is 35.4 Å². The van der Waals surface area contributed by atoms with Gasteiger partial charge in [-0.1, -0.05) is 13.0 Å². The van der Waals surface area contributed by atoms with Gasteiger partial charge in [0.05, 0.1) is 11.7 Å². The van der Waals surface area contributed by atoms with Crippen LogP contribution in [0, 0.1) is 5.41 Å². The monoisotopic (exact) mass is 549 g/mol. The van der Waals surface area contributed by atoms with Gasteiger partial charge in [-0.15, -0.1) is 6.58 Å². The molecule has 2 N–H and O–H groups in total. The number of hydrogen-bond acceptors (Lipinski definition) is 9. The van der Waals surface area contributed by atoms with E-state index in [1.54, 1.807) is 12.1 Å². The number of H-pyrrole nitrogens is 1. The number of aromatic amines is 1. The number of nitrogens with zero attached hydrogens (tertiary/aromatic N) is 6. The Balaban J connectivity index is 1.59. The first-order valence-electron chi connectivity index (χ1n) is 13.0. The summed E-state index contributed by atoms with van der Waals surface area (Å²) in [5.41, 5.74) is -1.30. The van der Waals surface area contributed by atoms with Crippen LogP contribution in [0.5, 0.6) is 5.88 Å². The average Bonchev–Trinajstić information content (AvgIpc) is 2.95. The molecule has 2 aromatic rings. The van der Waals surface area contributed by atoms with Crippen LogP contribution in [0.2, 0.25) is 0 Å². The van der Waals surface area contributed by atoms with Crippen molar-refractivity contribution in [1.82, 2.24) is 24.3 Å². The van der Waals surface area contributed by atoms with Crippen LogP contribution in [0.1, 0.15) is 18.1 Å². The van der Waals surface area contributed by atoms with E-state index >= 15 is 0 Å². The van der Waals surface area contributed by atoms with Gasteiger partial charge in [-0.25, -0.2) is 9.59 Å². The molecule has 0 bridgehead atoms. The predicted octanol–water partition coefficient (Wildman–Crippen LogP) is 0.282. The summed E-state index contributed by atoms with van der Waals surface area (Å²) >= 11 is 0. The number of aromatic hydroxyl groups is 1. The van der Waals surface area contributed by atoms with Crippen LogP contribution in [0.3, 0.4) is 0 Å². The lowest BCUT2D eigenvalue weighted by Crippen LogP contribution is -2.74. The number of hydrogen-bond donors (Lipinski definition) is 2. The maximum Gasteiger partial charge on any atom is 0.332 e. The van der Waals surface area contributed by atoms with Gasteiger partial charge in [0.2, 0.25) is 17.7 Å². The molecule has 5 rings (SSSR count). The molecule has 1 unspecified atom stereocenters. The highest BCUT2D eigenvalue weighted by Gasteiger charge is 2.63. The first-order valence-corrected chi connectivity index (χ1v) is 13.0. The lowest BCUT2D eigenvalue weighted by Gasteiger charge is -2.56. The maximum atomic E-state index is 13.8. The fraction of sp³-hybridized carbons (Fsp3) is 0.407. The van der Waals surface area contributed by atoms with Crippen LogP contribution in [-0.2, 0) is 22.6 Å². The van der Waals surface area contributed by atoms with Crippen LogP contribution < -0.4 is 16.1 Å². The molecular weight excluding hydrogens is 518 g/mol. The summed E-state index contributed by atoms with van der Waals surface area (Å²) < 4.78 is 0.955. The standard InChI is InChI=1S/C27H31N7O6/c1-5-9-34-22(36)18(21(35)29-25(34)39)14-28-17-7-8-19-16(12-17)13-27(20-15-32(6-2)10-11-33(19)20)23(37)30(3)26(40)31(4)24(27)38/h5,7-8,12,14,20,36H,1,6,9-11,13,15H2,2-4H3,(H,29,35,39). The van der Waals surface area contributed by atoms with E-state index in [4.69, 9.17) is 0 Å². The summed E-state index contributed by atoms with van der Waals surface area (Å²) in [6, 6.07) is 4.21. The van der Waals surface area contributed by atoms with Crippen LogP contribution in [-0.4, -0.2) is 99.7 Å². The van der Waals surface area contributed by atoms with E-state index in [-0.39, 0.29) is 18.5 Å². The van der Waals surface area contributed by atoms with Crippen molar-refractivity contribution < 1.29 is 19.5 Å². The molecule has 0 radical (unpaired) electrons. The molecule has 0 aliphatic carbocycles. The summed E-state index contributed by atoms with van der Waals surface area (Å²) in [5.74, 6) is -1.61. The highest BCUT2D eigenvalue weighted by atomic mass is 16.3. The van der Waals surface area contributed by atoms with Crippen molar-refractivity contribution in [2.24, 2.45) is 10.4 Å². The molecule has 1 aromatic heterocycles. The fourth-order valence-corrected chi connectivity index (χ4v) is 5.98. The van der Waals surface area contributed by atoms with Crippen molar-refractivity contribution in [3.8, 4) is 5.88 Å². The second-order valence-electron chi connectivity index (χ2n) is 10.2. The molecule has 40 heavy (non-hydrogen) atoms. The number of imide groups is 2. The summed E-state index contributed by atoms with van der Waals surface area (Å²) in [4.78, 5) is 77.4. The predicted molar refractivity (Wildman–Crippen MR) is 147 cm³/mol. The number of nitrogens with one attached hydrogen (secondary N) is 1. The number of aliphatic imine (C=N–C) groups is 1. The number of anilines is 1. The van der Waals surface area contributed by atoms with Gasteiger partial charge in [0.25, 0.3) is 5.56 Å². The third kappa shape index (κ3) is 3.96. The minimum Gasteiger partial charge on any atom is -0.494 e. The highest BCUT2D eigenvalue weighted by Crippen LogP contribution is 2.47. The molecule has 2 fully saturated rings. The number of benzene rings is 1. The van der Waals surface area contributed by atoms with Crippen molar-refractivity contribution in [2.75, 3.05) is 45.2 Å². The second kappa shape index (κ2) is 9.90. The van der Waals surface area contributed by atoms with Gasteiger partial charge >= 0.3 is 11.7 Å². The van der Waals surface area contributed by atoms with Crippen LogP contribution in [0.25, 0.3) is 0 Å². The highest BCUT2D eigenvalue weighted by molar-refractivity contribution is 6.20. The van der Waals surface area contributed by atoms with Gasteiger partial charge in [-0.05, 0) is 36.7 Å². The molecule has 1 atom stereocenters. The molecule has 4 amide bonds. The number of barbiturate groups is 1. The number of allylic oxidation sites excluding steroid dienone is 1. The number of carbonyl (C=O) groups excluding carboxylic acids is 3. The van der Waals surface area contributed by atoms with Crippen LogP contribution >= 0.6 is 0 Å². The number of amides is 4. The molecular formula is C27H31N7O6. The lowest BCUT2D eigenvalue weighted by atomic mass is 9.67. The van der Waals surface area contributed by atoms with E-state index in [0.29, 0.717) is 24.3 Å². The largest absolute Gasteiger partial charge is 0.494 e. The zero-order chi connectivity index (χ0) is 28.9. The van der Waals surface area contributed by atoms with Crippen LogP contribution in [0.4, 0.5) is 16.2 Å². The van der Waals surface area contributed by atoms with Gasteiger partial charge in [0.1, 0.15) is 5.56 Å². The van der Waals surface area contributed by atoms with E-state index in [9.17, 15) is 29.1 Å². The zero-order valence-corrected chi connectivity index (χ0v) is 22.6. The Morgan fingerprint density at radius 3 is 2.48 bits per heavy atom. The minimum absolute atomic E-state index is 0.0108. The average molecular weight is 550 g/mol. The van der Waals surface area contributed by atoms with Crippen LogP contribution in [0.15, 0.2) is 45.4 Å². The maximum absolute atomic E-state index is 13.8. The molecule has 1 aromatic carbocycles. The number of rotatable bonds is 5. The SMILES string of the molecule is C=CCn1c(O)c(C=Nc2ccc3c(c2)CC2(C(=O)N(C)C(=O)N(C)C2=O)C2CN(CC)CCN32)c(=O)[nH]c1=O. The summed E-state index contributed by atoms with van der Waals surface area (Å²) in [5, 5.41) is 10.5. The molecule has 0 saturated carbocycles. The summed E-state index contributed by atoms with van der Waals surface area (Å²) in [6.45, 7) is 8.16. The van der Waals surface area contributed by atoms with Gasteiger partial charge in [-0.2, -0.15) is 0 Å². The minimum atomic E-state index is -1.50. The Labute approximate surface area is 229 Å². The second-order valence-corrected chi connectivity index (χ2v) is 10.2. The third-order valence-corrected chi connectivity index (χ3v) is 8.13. The zero-order valence-electron chi connectivity index (χ0n) is 22.6. The fourth-order valence-electron chi connectivity index (χ4n) is 5.98. The first kappa shape index (κ1) is 27.1. The third-order valence-electron chi connectivity index (χ3n) is 8.13. The molecule has 2 saturated heterocycles. The molecule has 13 heteroatoms. The molecule has 1 spiro atoms. The normalized spacial score (nSPS) is 20.8. The molecule has 4 heterocycles. The van der Waals surface area contributed by atoms with E-state index in [1.165, 1.54) is 20.2 Å². The smallest absolute Gasteiger partial charge is 0.332 e. The Morgan fingerprint density at radius 1 is 1.12 bits per heavy atom. The topological polar surface area (TPSA) is 152 Å². The van der Waals surface area contributed by atoms with Gasteiger partial charge in [-0.3, -0.25) is 43.6 Å². The lowest BCUT2D eigenvalue weighted by molar-refractivity contribution is -0.160. The van der Waals surface area contributed by atoms with E-state index < -0.39 is 46.4 Å². The number of likely N-dealkylation sites (N-methyl/N-ethyl adjacent to an activating group) is 1. The number of urea groups is 1. The van der Waals surface area contributed by atoms with Crippen molar-refractivity contribution in [1.29, 1.82) is 0 Å². The Kier molecular flexibility index (Phi) is 6.70. The molecule has 13 nitrogen and oxygen atoms in total. The van der Waals surface area contributed by atoms with E-state index in [2.05, 4.69) is 26.4 Å². The molecule has 210 valence electrons. The van der Waals surface area contributed by atoms with Gasteiger partial charge < -0.3 is 10.0 Å². The van der Waals surface area contributed by atoms with Crippen molar-refractivity contribution in [3.05, 3.63) is 62.8 Å². The Morgan fingerprint density at radius 2 is 1.82 bits per heavy atom. The van der Waals surface area contributed by atoms with Gasteiger partial charge in [0, 0.05) is 52.2 Å². The number of aromatic nitrogens is 2. The molecule has 3 aliphatic rings. The summed E-state index contributed by atoms with van der Waals surface area (Å²) in [6.07, 6.45) is 2.64. The number of piperazine rings is 1. The van der Waals surface area contributed by atoms with E-state index in [0.717, 1.165) is 39.4 Å². The number of fused-ring (bicyclic) bond motifs is 4. The number of carbonyl (C=O) groups is 3. The van der Waals surface area contributed by atoms with Crippen molar-refractivity contribution in [3.63, 3.8) is 0 Å². The quantitative estimate of drug-likeness (QED) is 0.307. The Bertz CT molecular complexity index is 1550. The molecule has 3 aliphatic heterocycles.